The van der Waals surface area contributed by atoms with Crippen molar-refractivity contribution < 1.29 is 19.4 Å². The molecule has 1 N–H and O–H groups in total. The zero-order valence-electron chi connectivity index (χ0n) is 16.0. The molecular weight excluding hydrogens is 336 g/mol. The van der Waals surface area contributed by atoms with Crippen LogP contribution in [0.15, 0.2) is 0 Å². The van der Waals surface area contributed by atoms with Crippen LogP contribution in [0.4, 0.5) is 4.79 Å². The summed E-state index contributed by atoms with van der Waals surface area (Å²) in [4.78, 5) is 31.7. The second kappa shape index (κ2) is 8.54. The smallest absolute Gasteiger partial charge is 0.410 e. The van der Waals surface area contributed by atoms with Crippen molar-refractivity contribution in [3.8, 4) is 0 Å². The molecule has 26 heavy (non-hydrogen) atoms. The van der Waals surface area contributed by atoms with Gasteiger partial charge in [0.2, 0.25) is 0 Å². The van der Waals surface area contributed by atoms with Gasteiger partial charge in [-0.3, -0.25) is 14.6 Å². The second-order valence-corrected chi connectivity index (χ2v) is 7.99. The number of nitrogens with zero attached hydrogens (tertiary/aromatic N) is 4. The number of ether oxygens (including phenoxy) is 1. The third-order valence-corrected chi connectivity index (χ3v) is 5.86. The molecule has 3 aliphatic heterocycles. The van der Waals surface area contributed by atoms with Gasteiger partial charge in [0.1, 0.15) is 6.10 Å². The maximum Gasteiger partial charge on any atom is 0.410 e. The minimum Gasteiger partial charge on any atom is -0.480 e. The lowest BCUT2D eigenvalue weighted by Crippen LogP contribution is -2.50. The zero-order chi connectivity index (χ0) is 18.7. The first-order valence-corrected chi connectivity index (χ1v) is 9.80. The molecular formula is C18H32N4O4. The van der Waals surface area contributed by atoms with E-state index in [9.17, 15) is 9.59 Å². The number of carboxylic acid groups (broad SMARTS) is 1. The van der Waals surface area contributed by atoms with Gasteiger partial charge in [-0.25, -0.2) is 4.79 Å². The number of rotatable bonds is 6. The van der Waals surface area contributed by atoms with Crippen LogP contribution in [0, 0.1) is 0 Å². The predicted molar refractivity (Wildman–Crippen MR) is 97.2 cm³/mol. The van der Waals surface area contributed by atoms with Gasteiger partial charge in [-0.15, -0.1) is 0 Å². The van der Waals surface area contributed by atoms with Gasteiger partial charge < -0.3 is 19.6 Å². The quantitative estimate of drug-likeness (QED) is 0.726. The molecule has 3 saturated heterocycles. The molecule has 3 rings (SSSR count). The first kappa shape index (κ1) is 19.4. The van der Waals surface area contributed by atoms with Crippen LogP contribution in [-0.4, -0.2) is 114 Å². The maximum absolute atomic E-state index is 12.3. The fourth-order valence-corrected chi connectivity index (χ4v) is 4.26. The molecule has 0 aromatic rings. The van der Waals surface area contributed by atoms with Crippen molar-refractivity contribution in [3.05, 3.63) is 0 Å². The van der Waals surface area contributed by atoms with Gasteiger partial charge in [0.25, 0.3) is 0 Å². The Labute approximate surface area is 155 Å². The van der Waals surface area contributed by atoms with E-state index >= 15 is 0 Å². The Hall–Kier alpha value is -1.38. The minimum absolute atomic E-state index is 0.0725. The number of amides is 1. The third-order valence-electron chi connectivity index (χ3n) is 5.86. The van der Waals surface area contributed by atoms with Gasteiger partial charge in [0, 0.05) is 57.9 Å². The lowest BCUT2D eigenvalue weighted by atomic mass is 10.0. The van der Waals surface area contributed by atoms with Crippen molar-refractivity contribution in [2.45, 2.75) is 44.9 Å². The second-order valence-electron chi connectivity index (χ2n) is 7.99. The van der Waals surface area contributed by atoms with Crippen LogP contribution in [0.25, 0.3) is 0 Å². The predicted octanol–water partition coefficient (Wildman–Crippen LogP) is 0.382. The fourth-order valence-electron chi connectivity index (χ4n) is 4.26. The summed E-state index contributed by atoms with van der Waals surface area (Å²) < 4.78 is 5.62. The molecule has 0 spiro atoms. The van der Waals surface area contributed by atoms with E-state index in [1.54, 1.807) is 0 Å². The topological polar surface area (TPSA) is 76.6 Å². The average Bonchev–Trinajstić information content (AvgIpc) is 2.96. The molecule has 1 unspecified atom stereocenters. The normalized spacial score (nSPS) is 27.3. The molecule has 0 aromatic carbocycles. The van der Waals surface area contributed by atoms with E-state index in [0.29, 0.717) is 18.6 Å². The molecule has 1 amide bonds. The summed E-state index contributed by atoms with van der Waals surface area (Å²) in [5.41, 5.74) is 0. The number of hydrogen-bond donors (Lipinski definition) is 1. The largest absolute Gasteiger partial charge is 0.480 e. The molecule has 0 aliphatic carbocycles. The molecule has 0 aromatic heterocycles. The number of aliphatic carboxylic acids is 1. The molecule has 1 atom stereocenters. The van der Waals surface area contributed by atoms with Gasteiger partial charge in [0.15, 0.2) is 0 Å². The van der Waals surface area contributed by atoms with Gasteiger partial charge in [-0.2, -0.15) is 0 Å². The SMILES string of the molecule is CC(C)N1CCC(N2CC(CN3CCN(CC(=O)O)CC3)OC2=O)CC1. The van der Waals surface area contributed by atoms with Crippen LogP contribution in [0.2, 0.25) is 0 Å². The molecule has 0 bridgehead atoms. The summed E-state index contributed by atoms with van der Waals surface area (Å²) in [6, 6.07) is 0.865. The van der Waals surface area contributed by atoms with Crippen LogP contribution in [0.1, 0.15) is 26.7 Å². The van der Waals surface area contributed by atoms with E-state index in [1.807, 2.05) is 9.80 Å². The molecule has 0 saturated carbocycles. The van der Waals surface area contributed by atoms with Crippen LogP contribution >= 0.6 is 0 Å². The Morgan fingerprint density at radius 3 is 2.31 bits per heavy atom. The monoisotopic (exact) mass is 368 g/mol. The van der Waals surface area contributed by atoms with Crippen molar-refractivity contribution in [1.82, 2.24) is 19.6 Å². The van der Waals surface area contributed by atoms with Crippen molar-refractivity contribution >= 4 is 12.1 Å². The number of carbonyl (C=O) groups excluding carboxylic acids is 1. The average molecular weight is 368 g/mol. The maximum atomic E-state index is 12.3. The Balaban J connectivity index is 1.42. The molecule has 3 heterocycles. The molecule has 148 valence electrons. The zero-order valence-corrected chi connectivity index (χ0v) is 16.0. The van der Waals surface area contributed by atoms with Crippen molar-refractivity contribution in [2.75, 3.05) is 58.9 Å². The number of carboxylic acids is 1. The Morgan fingerprint density at radius 1 is 1.12 bits per heavy atom. The van der Waals surface area contributed by atoms with E-state index in [4.69, 9.17) is 9.84 Å². The van der Waals surface area contributed by atoms with Gasteiger partial charge in [-0.1, -0.05) is 0 Å². The number of carbonyl (C=O) groups is 2. The van der Waals surface area contributed by atoms with Crippen LogP contribution in [-0.2, 0) is 9.53 Å². The highest BCUT2D eigenvalue weighted by Crippen LogP contribution is 2.24. The minimum atomic E-state index is -0.776. The van der Waals surface area contributed by atoms with Crippen molar-refractivity contribution in [2.24, 2.45) is 0 Å². The highest BCUT2D eigenvalue weighted by molar-refractivity contribution is 5.70. The van der Waals surface area contributed by atoms with Crippen LogP contribution in [0.3, 0.4) is 0 Å². The lowest BCUT2D eigenvalue weighted by Gasteiger charge is -2.37. The number of piperidine rings is 1. The summed E-state index contributed by atoms with van der Waals surface area (Å²) in [6.07, 6.45) is 1.81. The Kier molecular flexibility index (Phi) is 6.37. The summed E-state index contributed by atoms with van der Waals surface area (Å²) in [7, 11) is 0. The van der Waals surface area contributed by atoms with E-state index in [1.165, 1.54) is 0 Å². The molecule has 3 fully saturated rings. The van der Waals surface area contributed by atoms with Gasteiger partial charge in [0.05, 0.1) is 13.1 Å². The van der Waals surface area contributed by atoms with Crippen molar-refractivity contribution in [3.63, 3.8) is 0 Å². The van der Waals surface area contributed by atoms with Crippen LogP contribution in [0.5, 0.6) is 0 Å². The number of hydrogen-bond acceptors (Lipinski definition) is 6. The summed E-state index contributed by atoms with van der Waals surface area (Å²) in [5, 5.41) is 8.87. The summed E-state index contributed by atoms with van der Waals surface area (Å²) in [5.74, 6) is -0.776. The Bertz CT molecular complexity index is 499. The summed E-state index contributed by atoms with van der Waals surface area (Å²) >= 11 is 0. The molecule has 8 heteroatoms. The molecule has 3 aliphatic rings. The van der Waals surface area contributed by atoms with E-state index in [-0.39, 0.29) is 18.7 Å². The van der Waals surface area contributed by atoms with Gasteiger partial charge in [-0.05, 0) is 26.7 Å². The third kappa shape index (κ3) is 4.86. The highest BCUT2D eigenvalue weighted by atomic mass is 16.6. The van der Waals surface area contributed by atoms with E-state index < -0.39 is 5.97 Å². The Morgan fingerprint density at radius 2 is 1.73 bits per heavy atom. The standard InChI is InChI=1S/C18H32N4O4/c1-14(2)21-5-3-15(4-6-21)22-12-16(26-18(22)25)11-19-7-9-20(10-8-19)13-17(23)24/h14-16H,3-13H2,1-2H3,(H,23,24). The lowest BCUT2D eigenvalue weighted by molar-refractivity contribution is -0.138. The number of cyclic esters (lactones) is 1. The fraction of sp³-hybridized carbons (Fsp3) is 0.889. The first-order valence-electron chi connectivity index (χ1n) is 9.80. The first-order chi connectivity index (χ1) is 12.4. The molecule has 8 nitrogen and oxygen atoms in total. The van der Waals surface area contributed by atoms with E-state index in [0.717, 1.165) is 58.7 Å². The summed E-state index contributed by atoms with van der Waals surface area (Å²) in [6.45, 7) is 11.2. The van der Waals surface area contributed by atoms with Gasteiger partial charge >= 0.3 is 12.1 Å². The molecule has 0 radical (unpaired) electrons. The van der Waals surface area contributed by atoms with Crippen LogP contribution < -0.4 is 0 Å². The van der Waals surface area contributed by atoms with Crippen molar-refractivity contribution in [1.29, 1.82) is 0 Å². The number of piperazine rings is 1. The van der Waals surface area contributed by atoms with E-state index in [2.05, 4.69) is 23.6 Å². The highest BCUT2D eigenvalue weighted by Gasteiger charge is 2.38. The number of likely N-dealkylation sites (tertiary alicyclic amines) is 1.